The predicted molar refractivity (Wildman–Crippen MR) is 84.9 cm³/mol. The number of rotatable bonds is 5. The highest BCUT2D eigenvalue weighted by molar-refractivity contribution is 5.89. The molecule has 0 fully saturated rings. The molecule has 1 atom stereocenters. The molecule has 3 nitrogen and oxygen atoms in total. The number of benzene rings is 2. The van der Waals surface area contributed by atoms with Gasteiger partial charge in [-0.1, -0.05) is 54.6 Å². The molecule has 0 bridgehead atoms. The van der Waals surface area contributed by atoms with Crippen LogP contribution in [0.15, 0.2) is 60.7 Å². The van der Waals surface area contributed by atoms with Crippen LogP contribution in [0.4, 0.5) is 0 Å². The van der Waals surface area contributed by atoms with Gasteiger partial charge < -0.3 is 10.5 Å². The van der Waals surface area contributed by atoms with E-state index in [1.54, 1.807) is 12.1 Å². The third-order valence-corrected chi connectivity index (χ3v) is 3.18. The molecule has 0 saturated carbocycles. The Hall–Kier alpha value is -2.39. The van der Waals surface area contributed by atoms with Gasteiger partial charge in [-0.2, -0.15) is 0 Å². The molecule has 0 radical (unpaired) electrons. The Morgan fingerprint density at radius 1 is 1.14 bits per heavy atom. The molecule has 0 aliphatic rings. The van der Waals surface area contributed by atoms with E-state index in [4.69, 9.17) is 5.73 Å². The Morgan fingerprint density at radius 2 is 1.81 bits per heavy atom. The number of hydrogen-bond donors (Lipinski definition) is 1. The zero-order valence-electron chi connectivity index (χ0n) is 12.0. The lowest BCUT2D eigenvalue weighted by molar-refractivity contribution is 0.0600. The van der Waals surface area contributed by atoms with E-state index < -0.39 is 0 Å². The van der Waals surface area contributed by atoms with Crippen molar-refractivity contribution >= 4 is 12.0 Å². The monoisotopic (exact) mass is 281 g/mol. The third-order valence-electron chi connectivity index (χ3n) is 3.18. The van der Waals surface area contributed by atoms with E-state index in [0.29, 0.717) is 5.56 Å². The van der Waals surface area contributed by atoms with Crippen LogP contribution in [0.5, 0.6) is 0 Å². The van der Waals surface area contributed by atoms with E-state index in [9.17, 15) is 4.79 Å². The Balaban J connectivity index is 1.95. The normalized spacial score (nSPS) is 12.3. The fourth-order valence-electron chi connectivity index (χ4n) is 2.04. The van der Waals surface area contributed by atoms with Gasteiger partial charge in [-0.05, 0) is 29.7 Å². The van der Waals surface area contributed by atoms with Crippen molar-refractivity contribution in [3.63, 3.8) is 0 Å². The van der Waals surface area contributed by atoms with Crippen LogP contribution in [0.2, 0.25) is 0 Å². The smallest absolute Gasteiger partial charge is 0.337 e. The molecule has 108 valence electrons. The molecule has 21 heavy (non-hydrogen) atoms. The van der Waals surface area contributed by atoms with Crippen molar-refractivity contribution in [1.82, 2.24) is 0 Å². The molecule has 2 aromatic carbocycles. The van der Waals surface area contributed by atoms with Gasteiger partial charge in [-0.25, -0.2) is 4.79 Å². The largest absolute Gasteiger partial charge is 0.465 e. The summed E-state index contributed by atoms with van der Waals surface area (Å²) in [4.78, 5) is 11.3. The Morgan fingerprint density at radius 3 is 2.43 bits per heavy atom. The number of ether oxygens (including phenoxy) is 1. The fourth-order valence-corrected chi connectivity index (χ4v) is 2.04. The average molecular weight is 281 g/mol. The SMILES string of the molecule is COC(=O)c1ccc(/C=C/[C@@H](N)Cc2ccccc2)cc1. The Labute approximate surface area is 125 Å². The lowest BCUT2D eigenvalue weighted by Gasteiger charge is -2.06. The van der Waals surface area contributed by atoms with Crippen LogP contribution in [-0.4, -0.2) is 19.1 Å². The van der Waals surface area contributed by atoms with Crippen LogP contribution in [-0.2, 0) is 11.2 Å². The number of carbonyl (C=O) groups is 1. The quantitative estimate of drug-likeness (QED) is 0.857. The third kappa shape index (κ3) is 4.58. The maximum absolute atomic E-state index is 11.3. The number of nitrogens with two attached hydrogens (primary N) is 1. The van der Waals surface area contributed by atoms with Gasteiger partial charge in [0, 0.05) is 6.04 Å². The standard InChI is InChI=1S/C18H19NO2/c1-21-18(20)16-10-7-14(8-11-16)9-12-17(19)13-15-5-3-2-4-6-15/h2-12,17H,13,19H2,1H3/b12-9+/t17-/m1/s1. The molecule has 3 heteroatoms. The van der Waals surface area contributed by atoms with Gasteiger partial charge in [0.25, 0.3) is 0 Å². The maximum Gasteiger partial charge on any atom is 0.337 e. The molecule has 0 amide bonds. The topological polar surface area (TPSA) is 52.3 Å². The van der Waals surface area contributed by atoms with Gasteiger partial charge in [-0.15, -0.1) is 0 Å². The van der Waals surface area contributed by atoms with Crippen LogP contribution >= 0.6 is 0 Å². The molecule has 0 spiro atoms. The molecular weight excluding hydrogens is 262 g/mol. The highest BCUT2D eigenvalue weighted by Gasteiger charge is 2.03. The first-order valence-electron chi connectivity index (χ1n) is 6.85. The summed E-state index contributed by atoms with van der Waals surface area (Å²) in [5.41, 5.74) is 8.86. The van der Waals surface area contributed by atoms with Crippen LogP contribution in [0.1, 0.15) is 21.5 Å². The molecule has 0 aromatic heterocycles. The number of carbonyl (C=O) groups excluding carboxylic acids is 1. The van der Waals surface area contributed by atoms with E-state index in [-0.39, 0.29) is 12.0 Å². The van der Waals surface area contributed by atoms with Gasteiger partial charge >= 0.3 is 5.97 Å². The second-order valence-electron chi connectivity index (χ2n) is 4.83. The second kappa shape index (κ2) is 7.41. The lowest BCUT2D eigenvalue weighted by atomic mass is 10.0. The van der Waals surface area contributed by atoms with Gasteiger partial charge in [0.05, 0.1) is 12.7 Å². The van der Waals surface area contributed by atoms with Crippen molar-refractivity contribution in [2.24, 2.45) is 5.73 Å². The first kappa shape index (κ1) is 15.0. The van der Waals surface area contributed by atoms with Gasteiger partial charge in [0.15, 0.2) is 0 Å². The minimum atomic E-state index is -0.327. The minimum Gasteiger partial charge on any atom is -0.465 e. The van der Waals surface area contributed by atoms with Gasteiger partial charge in [0.1, 0.15) is 0 Å². The summed E-state index contributed by atoms with van der Waals surface area (Å²) >= 11 is 0. The first-order valence-corrected chi connectivity index (χ1v) is 6.85. The minimum absolute atomic E-state index is 0.0346. The predicted octanol–water partition coefficient (Wildman–Crippen LogP) is 3.06. The molecule has 2 rings (SSSR count). The van der Waals surface area contributed by atoms with Crippen LogP contribution in [0.3, 0.4) is 0 Å². The zero-order valence-corrected chi connectivity index (χ0v) is 12.0. The summed E-state index contributed by atoms with van der Waals surface area (Å²) in [6, 6.07) is 17.4. The summed E-state index contributed by atoms with van der Waals surface area (Å²) in [6.45, 7) is 0. The number of esters is 1. The van der Waals surface area contributed by atoms with Crippen molar-refractivity contribution in [2.45, 2.75) is 12.5 Å². The zero-order chi connectivity index (χ0) is 15.1. The molecule has 0 aliphatic carbocycles. The molecular formula is C18H19NO2. The maximum atomic E-state index is 11.3. The lowest BCUT2D eigenvalue weighted by Crippen LogP contribution is -2.19. The number of hydrogen-bond acceptors (Lipinski definition) is 3. The average Bonchev–Trinajstić information content (AvgIpc) is 2.53. The van der Waals surface area contributed by atoms with Crippen LogP contribution < -0.4 is 5.73 Å². The summed E-state index contributed by atoms with van der Waals surface area (Å²) in [7, 11) is 1.37. The summed E-state index contributed by atoms with van der Waals surface area (Å²) in [5, 5.41) is 0. The highest BCUT2D eigenvalue weighted by atomic mass is 16.5. The fraction of sp³-hybridized carbons (Fsp3) is 0.167. The van der Waals surface area contributed by atoms with E-state index in [1.807, 2.05) is 42.5 Å². The van der Waals surface area contributed by atoms with Crippen molar-refractivity contribution in [2.75, 3.05) is 7.11 Å². The summed E-state index contributed by atoms with van der Waals surface area (Å²) < 4.78 is 4.66. The molecule has 2 aromatic rings. The van der Waals surface area contributed by atoms with Crippen molar-refractivity contribution in [1.29, 1.82) is 0 Å². The van der Waals surface area contributed by atoms with E-state index in [2.05, 4.69) is 16.9 Å². The summed E-state index contributed by atoms with van der Waals surface area (Å²) in [5.74, 6) is -0.327. The molecule has 0 saturated heterocycles. The van der Waals surface area contributed by atoms with Crippen molar-refractivity contribution in [3.05, 3.63) is 77.4 Å². The number of methoxy groups -OCH3 is 1. The molecule has 0 unspecified atom stereocenters. The van der Waals surface area contributed by atoms with E-state index in [0.717, 1.165) is 12.0 Å². The molecule has 0 heterocycles. The highest BCUT2D eigenvalue weighted by Crippen LogP contribution is 2.09. The first-order chi connectivity index (χ1) is 10.2. The van der Waals surface area contributed by atoms with Crippen molar-refractivity contribution < 1.29 is 9.53 Å². The van der Waals surface area contributed by atoms with Crippen LogP contribution in [0, 0.1) is 0 Å². The van der Waals surface area contributed by atoms with E-state index >= 15 is 0 Å². The van der Waals surface area contributed by atoms with Crippen molar-refractivity contribution in [3.8, 4) is 0 Å². The van der Waals surface area contributed by atoms with Gasteiger partial charge in [-0.3, -0.25) is 0 Å². The molecule has 2 N–H and O–H groups in total. The molecule has 0 aliphatic heterocycles. The van der Waals surface area contributed by atoms with Crippen LogP contribution in [0.25, 0.3) is 6.08 Å². The Kier molecular flexibility index (Phi) is 5.29. The second-order valence-corrected chi connectivity index (χ2v) is 4.83. The Bertz CT molecular complexity index is 603. The van der Waals surface area contributed by atoms with Gasteiger partial charge in [0.2, 0.25) is 0 Å². The summed E-state index contributed by atoms with van der Waals surface area (Å²) in [6.07, 6.45) is 4.74. The van der Waals surface area contributed by atoms with E-state index in [1.165, 1.54) is 12.7 Å².